The number of hydrogen-bond acceptors (Lipinski definition) is 3. The number of hydrogen-bond donors (Lipinski definition) is 0. The van der Waals surface area contributed by atoms with Gasteiger partial charge in [-0.05, 0) is 52.2 Å². The number of benzene rings is 1. The number of aromatic nitrogens is 2. The van der Waals surface area contributed by atoms with Crippen molar-refractivity contribution in [3.63, 3.8) is 0 Å². The maximum atomic E-state index is 6.06. The zero-order valence-electron chi connectivity index (χ0n) is 13.3. The average Bonchev–Trinajstić information content (AvgIpc) is 2.92. The lowest BCUT2D eigenvalue weighted by molar-refractivity contribution is 0.00578. The molecule has 110 valence electrons. The van der Waals surface area contributed by atoms with Crippen LogP contribution < -0.4 is 5.46 Å². The molecule has 1 fully saturated rings. The first-order chi connectivity index (χ1) is 9.78. The fourth-order valence-electron chi connectivity index (χ4n) is 2.35. The standard InChI is InChI=1S/C16H21BN2O2/c1-12-10-19(11-18-12)14-8-6-13(7-9-14)17-20-15(2,3)16(4,5)21-17/h6-11H,1-5H3. The van der Waals surface area contributed by atoms with E-state index in [4.69, 9.17) is 9.31 Å². The van der Waals surface area contributed by atoms with Gasteiger partial charge in [-0.1, -0.05) is 12.1 Å². The highest BCUT2D eigenvalue weighted by atomic mass is 16.7. The molecule has 0 N–H and O–H groups in total. The van der Waals surface area contributed by atoms with Gasteiger partial charge in [-0.3, -0.25) is 0 Å². The van der Waals surface area contributed by atoms with Crippen LogP contribution in [0.3, 0.4) is 0 Å². The summed E-state index contributed by atoms with van der Waals surface area (Å²) in [6.07, 6.45) is 3.82. The lowest BCUT2D eigenvalue weighted by Crippen LogP contribution is -2.41. The molecule has 2 aromatic rings. The molecule has 1 saturated heterocycles. The molecule has 0 bridgehead atoms. The van der Waals surface area contributed by atoms with Crippen molar-refractivity contribution >= 4 is 12.6 Å². The third-order valence-corrected chi connectivity index (χ3v) is 4.43. The molecule has 0 aliphatic carbocycles. The second-order valence-electron chi connectivity index (χ2n) is 6.60. The summed E-state index contributed by atoms with van der Waals surface area (Å²) in [5.41, 5.74) is 2.51. The van der Waals surface area contributed by atoms with Gasteiger partial charge in [0.1, 0.15) is 0 Å². The van der Waals surface area contributed by atoms with E-state index in [1.807, 2.05) is 36.1 Å². The molecule has 2 heterocycles. The smallest absolute Gasteiger partial charge is 0.399 e. The highest BCUT2D eigenvalue weighted by Crippen LogP contribution is 2.36. The normalized spacial score (nSPS) is 20.0. The van der Waals surface area contributed by atoms with Crippen molar-refractivity contribution in [1.29, 1.82) is 0 Å². The topological polar surface area (TPSA) is 36.3 Å². The molecule has 0 saturated carbocycles. The monoisotopic (exact) mass is 284 g/mol. The van der Waals surface area contributed by atoms with Crippen molar-refractivity contribution in [2.45, 2.75) is 45.8 Å². The average molecular weight is 284 g/mol. The minimum atomic E-state index is -0.312. The van der Waals surface area contributed by atoms with E-state index in [1.165, 1.54) is 0 Å². The third kappa shape index (κ3) is 2.52. The quantitative estimate of drug-likeness (QED) is 0.795. The highest BCUT2D eigenvalue weighted by Gasteiger charge is 2.51. The molecule has 0 atom stereocenters. The van der Waals surface area contributed by atoms with Crippen LogP contribution in [0.15, 0.2) is 36.8 Å². The van der Waals surface area contributed by atoms with Gasteiger partial charge >= 0.3 is 7.12 Å². The Morgan fingerprint density at radius 3 is 2.05 bits per heavy atom. The summed E-state index contributed by atoms with van der Waals surface area (Å²) in [6.45, 7) is 10.2. The maximum absolute atomic E-state index is 6.06. The van der Waals surface area contributed by atoms with E-state index in [2.05, 4.69) is 44.8 Å². The van der Waals surface area contributed by atoms with E-state index in [0.29, 0.717) is 0 Å². The van der Waals surface area contributed by atoms with E-state index in [0.717, 1.165) is 16.8 Å². The Kier molecular flexibility index (Phi) is 3.22. The van der Waals surface area contributed by atoms with Crippen LogP contribution in [-0.2, 0) is 9.31 Å². The Morgan fingerprint density at radius 1 is 1.00 bits per heavy atom. The van der Waals surface area contributed by atoms with Crippen LogP contribution in [0.5, 0.6) is 0 Å². The zero-order valence-corrected chi connectivity index (χ0v) is 13.3. The summed E-state index contributed by atoms with van der Waals surface area (Å²) in [4.78, 5) is 4.24. The van der Waals surface area contributed by atoms with Crippen LogP contribution in [0.25, 0.3) is 5.69 Å². The second kappa shape index (κ2) is 4.72. The Balaban J connectivity index is 1.83. The van der Waals surface area contributed by atoms with Gasteiger partial charge in [-0.2, -0.15) is 0 Å². The number of rotatable bonds is 2. The molecule has 5 heteroatoms. The summed E-state index contributed by atoms with van der Waals surface area (Å²) >= 11 is 0. The molecule has 3 rings (SSSR count). The first-order valence-electron chi connectivity index (χ1n) is 7.25. The molecular formula is C16H21BN2O2. The van der Waals surface area contributed by atoms with Crippen molar-refractivity contribution in [3.05, 3.63) is 42.5 Å². The van der Waals surface area contributed by atoms with Gasteiger partial charge in [0.05, 0.1) is 23.2 Å². The number of nitrogens with zero attached hydrogens (tertiary/aromatic N) is 2. The molecular weight excluding hydrogens is 263 g/mol. The predicted molar refractivity (Wildman–Crippen MR) is 84.0 cm³/mol. The van der Waals surface area contributed by atoms with Crippen LogP contribution in [0.1, 0.15) is 33.4 Å². The first kappa shape index (κ1) is 14.4. The molecule has 0 radical (unpaired) electrons. The molecule has 4 nitrogen and oxygen atoms in total. The van der Waals surface area contributed by atoms with Crippen LogP contribution in [0, 0.1) is 6.92 Å². The number of aryl methyl sites for hydroxylation is 1. The minimum Gasteiger partial charge on any atom is -0.399 e. The highest BCUT2D eigenvalue weighted by molar-refractivity contribution is 6.62. The Labute approximate surface area is 126 Å². The summed E-state index contributed by atoms with van der Waals surface area (Å²) in [5.74, 6) is 0. The van der Waals surface area contributed by atoms with E-state index in [-0.39, 0.29) is 18.3 Å². The number of imidazole rings is 1. The molecule has 0 unspecified atom stereocenters. The Bertz CT molecular complexity index is 631. The van der Waals surface area contributed by atoms with Gasteiger partial charge in [-0.15, -0.1) is 0 Å². The molecule has 0 amide bonds. The van der Waals surface area contributed by atoms with Gasteiger partial charge in [-0.25, -0.2) is 4.98 Å². The molecule has 21 heavy (non-hydrogen) atoms. The van der Waals surface area contributed by atoms with Crippen LogP contribution in [0.2, 0.25) is 0 Å². The van der Waals surface area contributed by atoms with Crippen LogP contribution >= 0.6 is 0 Å². The minimum absolute atomic E-state index is 0.308. The van der Waals surface area contributed by atoms with Gasteiger partial charge in [0.15, 0.2) is 0 Å². The second-order valence-corrected chi connectivity index (χ2v) is 6.60. The molecule has 0 spiro atoms. The fraction of sp³-hybridized carbons (Fsp3) is 0.438. The van der Waals surface area contributed by atoms with Gasteiger partial charge in [0.25, 0.3) is 0 Å². The molecule has 1 aliphatic heterocycles. The summed E-state index contributed by atoms with van der Waals surface area (Å²) in [5, 5.41) is 0. The molecule has 1 aromatic carbocycles. The van der Waals surface area contributed by atoms with Crippen molar-refractivity contribution in [3.8, 4) is 5.69 Å². The fourth-order valence-corrected chi connectivity index (χ4v) is 2.35. The third-order valence-electron chi connectivity index (χ3n) is 4.43. The largest absolute Gasteiger partial charge is 0.494 e. The molecule has 1 aromatic heterocycles. The maximum Gasteiger partial charge on any atom is 0.494 e. The Morgan fingerprint density at radius 2 is 1.57 bits per heavy atom. The van der Waals surface area contributed by atoms with E-state index >= 15 is 0 Å². The Hall–Kier alpha value is -1.59. The van der Waals surface area contributed by atoms with E-state index < -0.39 is 0 Å². The van der Waals surface area contributed by atoms with Crippen molar-refractivity contribution in [2.24, 2.45) is 0 Å². The summed E-state index contributed by atoms with van der Waals surface area (Å²) in [7, 11) is -0.312. The predicted octanol–water partition coefficient (Wildman–Crippen LogP) is 2.48. The van der Waals surface area contributed by atoms with Crippen LogP contribution in [-0.4, -0.2) is 27.9 Å². The zero-order chi connectivity index (χ0) is 15.3. The lowest BCUT2D eigenvalue weighted by atomic mass is 9.79. The van der Waals surface area contributed by atoms with E-state index in [1.54, 1.807) is 0 Å². The summed E-state index contributed by atoms with van der Waals surface area (Å²) in [6, 6.07) is 8.21. The van der Waals surface area contributed by atoms with Gasteiger partial charge in [0, 0.05) is 11.9 Å². The SMILES string of the molecule is Cc1cn(-c2ccc(B3OC(C)(C)C(C)(C)O3)cc2)cn1. The van der Waals surface area contributed by atoms with Crippen molar-refractivity contribution in [2.75, 3.05) is 0 Å². The summed E-state index contributed by atoms with van der Waals surface area (Å²) < 4.78 is 14.1. The molecule has 1 aliphatic rings. The first-order valence-corrected chi connectivity index (χ1v) is 7.25. The lowest BCUT2D eigenvalue weighted by Gasteiger charge is -2.32. The van der Waals surface area contributed by atoms with Crippen LogP contribution in [0.4, 0.5) is 0 Å². The van der Waals surface area contributed by atoms with E-state index in [9.17, 15) is 0 Å². The van der Waals surface area contributed by atoms with Gasteiger partial charge < -0.3 is 13.9 Å². The van der Waals surface area contributed by atoms with Crippen molar-refractivity contribution in [1.82, 2.24) is 9.55 Å². The van der Waals surface area contributed by atoms with Crippen molar-refractivity contribution < 1.29 is 9.31 Å². The van der Waals surface area contributed by atoms with Gasteiger partial charge in [0.2, 0.25) is 0 Å².